The minimum absolute atomic E-state index is 0.231. The van der Waals surface area contributed by atoms with Gasteiger partial charge in [0.15, 0.2) is 0 Å². The normalized spacial score (nSPS) is 10.6. The summed E-state index contributed by atoms with van der Waals surface area (Å²) in [5.41, 5.74) is 2.87. The SMILES string of the molecule is Fc1ccc(-c2csc(-c3ccccc3Br)n2)cc1. The molecule has 0 aliphatic heterocycles. The Kier molecular flexibility index (Phi) is 3.44. The van der Waals surface area contributed by atoms with Gasteiger partial charge < -0.3 is 0 Å². The first kappa shape index (κ1) is 12.5. The highest BCUT2D eigenvalue weighted by Crippen LogP contribution is 2.33. The number of rotatable bonds is 2. The molecule has 1 aromatic heterocycles. The maximum absolute atomic E-state index is 12.9. The van der Waals surface area contributed by atoms with Crippen LogP contribution in [0.4, 0.5) is 4.39 Å². The van der Waals surface area contributed by atoms with E-state index in [1.54, 1.807) is 23.5 Å². The molecule has 0 N–H and O–H groups in total. The molecule has 19 heavy (non-hydrogen) atoms. The fourth-order valence-electron chi connectivity index (χ4n) is 1.79. The van der Waals surface area contributed by atoms with Gasteiger partial charge in [-0.2, -0.15) is 0 Å². The van der Waals surface area contributed by atoms with Gasteiger partial charge in [-0.05, 0) is 30.3 Å². The van der Waals surface area contributed by atoms with E-state index in [1.165, 1.54) is 12.1 Å². The Morgan fingerprint density at radius 2 is 1.74 bits per heavy atom. The highest BCUT2D eigenvalue weighted by molar-refractivity contribution is 9.10. The minimum Gasteiger partial charge on any atom is -0.236 e. The third-order valence-corrected chi connectivity index (χ3v) is 4.32. The van der Waals surface area contributed by atoms with Crippen molar-refractivity contribution in [1.29, 1.82) is 0 Å². The Balaban J connectivity index is 2.00. The van der Waals surface area contributed by atoms with Gasteiger partial charge in [0.1, 0.15) is 10.8 Å². The lowest BCUT2D eigenvalue weighted by Crippen LogP contribution is -1.81. The third-order valence-electron chi connectivity index (χ3n) is 2.75. The van der Waals surface area contributed by atoms with E-state index < -0.39 is 0 Å². The smallest absolute Gasteiger partial charge is 0.125 e. The van der Waals surface area contributed by atoms with Crippen LogP contribution in [0.25, 0.3) is 21.8 Å². The van der Waals surface area contributed by atoms with Gasteiger partial charge in [-0.25, -0.2) is 9.37 Å². The maximum Gasteiger partial charge on any atom is 0.125 e. The van der Waals surface area contributed by atoms with Gasteiger partial charge in [0.2, 0.25) is 0 Å². The van der Waals surface area contributed by atoms with Crippen LogP contribution in [-0.4, -0.2) is 4.98 Å². The molecule has 3 aromatic rings. The highest BCUT2D eigenvalue weighted by atomic mass is 79.9. The van der Waals surface area contributed by atoms with Crippen molar-refractivity contribution >= 4 is 27.3 Å². The van der Waals surface area contributed by atoms with Crippen molar-refractivity contribution in [2.24, 2.45) is 0 Å². The lowest BCUT2D eigenvalue weighted by Gasteiger charge is -1.99. The monoisotopic (exact) mass is 333 g/mol. The Bertz CT molecular complexity index is 706. The topological polar surface area (TPSA) is 12.9 Å². The Labute approximate surface area is 122 Å². The zero-order valence-electron chi connectivity index (χ0n) is 9.81. The average molecular weight is 334 g/mol. The molecule has 0 aliphatic carbocycles. The predicted molar refractivity (Wildman–Crippen MR) is 80.6 cm³/mol. The zero-order valence-corrected chi connectivity index (χ0v) is 12.2. The van der Waals surface area contributed by atoms with Crippen molar-refractivity contribution in [1.82, 2.24) is 4.98 Å². The number of benzene rings is 2. The molecule has 94 valence electrons. The van der Waals surface area contributed by atoms with E-state index in [-0.39, 0.29) is 5.82 Å². The summed E-state index contributed by atoms with van der Waals surface area (Å²) >= 11 is 5.11. The van der Waals surface area contributed by atoms with Crippen LogP contribution in [-0.2, 0) is 0 Å². The molecule has 0 amide bonds. The second kappa shape index (κ2) is 5.23. The molecule has 0 aliphatic rings. The molecule has 0 spiro atoms. The van der Waals surface area contributed by atoms with Crippen LogP contribution in [0.2, 0.25) is 0 Å². The number of thiazole rings is 1. The van der Waals surface area contributed by atoms with E-state index in [1.807, 2.05) is 29.6 Å². The van der Waals surface area contributed by atoms with Crippen LogP contribution in [0.15, 0.2) is 58.4 Å². The van der Waals surface area contributed by atoms with Crippen molar-refractivity contribution in [3.63, 3.8) is 0 Å². The van der Waals surface area contributed by atoms with Gasteiger partial charge in [-0.3, -0.25) is 0 Å². The summed E-state index contributed by atoms with van der Waals surface area (Å²) < 4.78 is 13.9. The minimum atomic E-state index is -0.231. The van der Waals surface area contributed by atoms with Gasteiger partial charge in [0, 0.05) is 21.0 Å². The van der Waals surface area contributed by atoms with Crippen LogP contribution >= 0.6 is 27.3 Å². The van der Waals surface area contributed by atoms with E-state index in [0.29, 0.717) is 0 Å². The number of aromatic nitrogens is 1. The van der Waals surface area contributed by atoms with Gasteiger partial charge in [-0.15, -0.1) is 11.3 Å². The molecule has 0 atom stereocenters. The van der Waals surface area contributed by atoms with E-state index in [2.05, 4.69) is 20.9 Å². The summed E-state index contributed by atoms with van der Waals surface area (Å²) in [5, 5.41) is 2.94. The molecule has 3 rings (SSSR count). The Hall–Kier alpha value is -1.52. The second-order valence-electron chi connectivity index (χ2n) is 4.02. The first-order valence-electron chi connectivity index (χ1n) is 5.70. The van der Waals surface area contributed by atoms with Gasteiger partial charge in [-0.1, -0.05) is 34.1 Å². The largest absolute Gasteiger partial charge is 0.236 e. The van der Waals surface area contributed by atoms with Crippen LogP contribution in [0.1, 0.15) is 0 Å². The Morgan fingerprint density at radius 1 is 1.00 bits per heavy atom. The van der Waals surface area contributed by atoms with Crippen molar-refractivity contribution in [3.8, 4) is 21.8 Å². The molecule has 2 aromatic carbocycles. The predicted octanol–water partition coefficient (Wildman–Crippen LogP) is 5.38. The molecule has 1 heterocycles. The molecule has 0 unspecified atom stereocenters. The lowest BCUT2D eigenvalue weighted by molar-refractivity contribution is 0.628. The molecular formula is C15H9BrFNS. The second-order valence-corrected chi connectivity index (χ2v) is 5.74. The molecule has 0 fully saturated rings. The Morgan fingerprint density at radius 3 is 2.47 bits per heavy atom. The third kappa shape index (κ3) is 2.60. The number of halogens is 2. The van der Waals surface area contributed by atoms with Crippen LogP contribution in [0.5, 0.6) is 0 Å². The zero-order chi connectivity index (χ0) is 13.2. The molecule has 0 saturated carbocycles. The summed E-state index contributed by atoms with van der Waals surface area (Å²) in [6, 6.07) is 14.4. The van der Waals surface area contributed by atoms with Gasteiger partial charge in [0.25, 0.3) is 0 Å². The summed E-state index contributed by atoms with van der Waals surface area (Å²) in [5.74, 6) is -0.231. The summed E-state index contributed by atoms with van der Waals surface area (Å²) in [4.78, 5) is 4.61. The molecular weight excluding hydrogens is 325 g/mol. The van der Waals surface area contributed by atoms with Crippen molar-refractivity contribution in [2.45, 2.75) is 0 Å². The fraction of sp³-hybridized carbons (Fsp3) is 0. The van der Waals surface area contributed by atoms with Crippen molar-refractivity contribution in [3.05, 3.63) is 64.2 Å². The lowest BCUT2D eigenvalue weighted by atomic mass is 10.2. The summed E-state index contributed by atoms with van der Waals surface area (Å²) in [7, 11) is 0. The fourth-order valence-corrected chi connectivity index (χ4v) is 3.26. The standard InChI is InChI=1S/C15H9BrFNS/c16-13-4-2-1-3-12(13)15-18-14(9-19-15)10-5-7-11(17)8-6-10/h1-9H. The molecule has 1 nitrogen and oxygen atoms in total. The first-order chi connectivity index (χ1) is 9.24. The van der Waals surface area contributed by atoms with E-state index >= 15 is 0 Å². The number of nitrogens with zero attached hydrogens (tertiary/aromatic N) is 1. The first-order valence-corrected chi connectivity index (χ1v) is 7.38. The molecule has 0 bridgehead atoms. The highest BCUT2D eigenvalue weighted by Gasteiger charge is 2.09. The van der Waals surface area contributed by atoms with Crippen molar-refractivity contribution < 1.29 is 4.39 Å². The van der Waals surface area contributed by atoms with Crippen LogP contribution in [0, 0.1) is 5.82 Å². The van der Waals surface area contributed by atoms with Gasteiger partial charge >= 0.3 is 0 Å². The maximum atomic E-state index is 12.9. The summed E-state index contributed by atoms with van der Waals surface area (Å²) in [6.07, 6.45) is 0. The number of hydrogen-bond acceptors (Lipinski definition) is 2. The van der Waals surface area contributed by atoms with Gasteiger partial charge in [0.05, 0.1) is 5.69 Å². The quantitative estimate of drug-likeness (QED) is 0.613. The molecule has 0 saturated heterocycles. The number of hydrogen-bond donors (Lipinski definition) is 0. The van der Waals surface area contributed by atoms with Crippen LogP contribution in [0.3, 0.4) is 0 Å². The van der Waals surface area contributed by atoms with Crippen LogP contribution < -0.4 is 0 Å². The van der Waals surface area contributed by atoms with Crippen molar-refractivity contribution in [2.75, 3.05) is 0 Å². The molecule has 4 heteroatoms. The van der Waals surface area contributed by atoms with E-state index in [4.69, 9.17) is 0 Å². The van der Waals surface area contributed by atoms with E-state index in [9.17, 15) is 4.39 Å². The summed E-state index contributed by atoms with van der Waals surface area (Å²) in [6.45, 7) is 0. The average Bonchev–Trinajstić information content (AvgIpc) is 2.89. The van der Waals surface area contributed by atoms with E-state index in [0.717, 1.165) is 26.3 Å². The molecule has 0 radical (unpaired) electrons.